The van der Waals surface area contributed by atoms with Crippen LogP contribution in [-0.4, -0.2) is 44.2 Å². The van der Waals surface area contributed by atoms with Gasteiger partial charge in [0.1, 0.15) is 0 Å². The van der Waals surface area contributed by atoms with Crippen LogP contribution >= 0.6 is 0 Å². The van der Waals surface area contributed by atoms with E-state index in [4.69, 9.17) is 9.51 Å². The third kappa shape index (κ3) is 2.40. The molecule has 1 amide bonds. The van der Waals surface area contributed by atoms with Gasteiger partial charge in [-0.15, -0.1) is 0 Å². The highest BCUT2D eigenvalue weighted by Gasteiger charge is 2.55. The van der Waals surface area contributed by atoms with E-state index in [1.807, 2.05) is 11.8 Å². The van der Waals surface area contributed by atoms with Crippen LogP contribution in [0.15, 0.2) is 10.7 Å². The van der Waals surface area contributed by atoms with Crippen molar-refractivity contribution < 1.29 is 9.32 Å². The second-order valence-electron chi connectivity index (χ2n) is 8.00. The molecule has 3 aliphatic rings. The van der Waals surface area contributed by atoms with Crippen LogP contribution in [0.4, 0.5) is 0 Å². The zero-order valence-corrected chi connectivity index (χ0v) is 14.5. The predicted octanol–water partition coefficient (Wildman–Crippen LogP) is 2.25. The van der Waals surface area contributed by atoms with Gasteiger partial charge in [0.25, 0.3) is 5.91 Å². The maximum Gasteiger partial charge on any atom is 0.257 e. The Morgan fingerprint density at radius 3 is 3.08 bits per heavy atom. The molecule has 132 valence electrons. The Kier molecular flexibility index (Phi) is 3.27. The fourth-order valence-corrected chi connectivity index (χ4v) is 4.65. The highest BCUT2D eigenvalue weighted by Crippen LogP contribution is 2.50. The summed E-state index contributed by atoms with van der Waals surface area (Å²) < 4.78 is 5.71. The van der Waals surface area contributed by atoms with Crippen LogP contribution in [-0.2, 0) is 11.8 Å². The van der Waals surface area contributed by atoms with Crippen LogP contribution < -0.4 is 0 Å². The fraction of sp³-hybridized carbons (Fsp3) is 0.667. The van der Waals surface area contributed by atoms with Gasteiger partial charge in [0, 0.05) is 25.2 Å². The summed E-state index contributed by atoms with van der Waals surface area (Å²) in [5, 5.41) is 11.1. The largest absolute Gasteiger partial charge is 0.339 e. The second-order valence-corrected chi connectivity index (χ2v) is 8.00. The number of aromatic amines is 1. The number of amides is 1. The highest BCUT2D eigenvalue weighted by molar-refractivity contribution is 5.95. The smallest absolute Gasteiger partial charge is 0.257 e. The van der Waals surface area contributed by atoms with Gasteiger partial charge in [-0.3, -0.25) is 9.89 Å². The normalized spacial score (nSPS) is 28.5. The molecule has 2 aromatic rings. The molecule has 1 N–H and O–H groups in total. The maximum absolute atomic E-state index is 12.9. The monoisotopic (exact) mass is 341 g/mol. The van der Waals surface area contributed by atoms with Crippen LogP contribution in [0.2, 0.25) is 0 Å². The van der Waals surface area contributed by atoms with E-state index in [1.165, 1.54) is 12.8 Å². The molecule has 0 radical (unpaired) electrons. The van der Waals surface area contributed by atoms with E-state index in [0.717, 1.165) is 55.6 Å². The van der Waals surface area contributed by atoms with Crippen molar-refractivity contribution in [1.29, 1.82) is 0 Å². The number of nitrogens with zero attached hydrogens (tertiary/aromatic N) is 4. The highest BCUT2D eigenvalue weighted by atomic mass is 16.5. The summed E-state index contributed by atoms with van der Waals surface area (Å²) in [6.45, 7) is 3.32. The van der Waals surface area contributed by atoms with E-state index in [9.17, 15) is 4.79 Å². The Bertz CT molecular complexity index is 808. The molecular formula is C18H23N5O2. The van der Waals surface area contributed by atoms with Gasteiger partial charge in [0.15, 0.2) is 5.82 Å². The van der Waals surface area contributed by atoms with Crippen LogP contribution in [0.25, 0.3) is 0 Å². The molecule has 7 nitrogen and oxygen atoms in total. The van der Waals surface area contributed by atoms with Gasteiger partial charge in [0.05, 0.1) is 17.2 Å². The zero-order chi connectivity index (χ0) is 17.0. The van der Waals surface area contributed by atoms with Crippen molar-refractivity contribution in [1.82, 2.24) is 25.2 Å². The number of H-pyrrole nitrogens is 1. The number of hydrogen-bond acceptors (Lipinski definition) is 5. The van der Waals surface area contributed by atoms with Crippen molar-refractivity contribution in [2.24, 2.45) is 11.8 Å². The predicted molar refractivity (Wildman–Crippen MR) is 89.0 cm³/mol. The Morgan fingerprint density at radius 2 is 2.32 bits per heavy atom. The Labute approximate surface area is 146 Å². The van der Waals surface area contributed by atoms with Crippen LogP contribution in [0.3, 0.4) is 0 Å². The van der Waals surface area contributed by atoms with Gasteiger partial charge in [-0.2, -0.15) is 10.1 Å². The molecule has 25 heavy (non-hydrogen) atoms. The number of fused-ring (bicyclic) bond motifs is 1. The summed E-state index contributed by atoms with van der Waals surface area (Å²) in [6.07, 6.45) is 8.43. The topological polar surface area (TPSA) is 87.9 Å². The van der Waals surface area contributed by atoms with Crippen LogP contribution in [0.1, 0.15) is 59.9 Å². The molecule has 0 unspecified atom stereocenters. The lowest BCUT2D eigenvalue weighted by Gasteiger charge is -2.24. The third-order valence-corrected chi connectivity index (χ3v) is 6.28. The lowest BCUT2D eigenvalue weighted by atomic mass is 9.80. The van der Waals surface area contributed by atoms with Crippen LogP contribution in [0.5, 0.6) is 0 Å². The number of rotatable bonds is 4. The van der Waals surface area contributed by atoms with Gasteiger partial charge >= 0.3 is 0 Å². The van der Waals surface area contributed by atoms with Gasteiger partial charge < -0.3 is 9.42 Å². The number of carbonyl (C=O) groups is 1. The van der Waals surface area contributed by atoms with Crippen LogP contribution in [0, 0.1) is 18.8 Å². The van der Waals surface area contributed by atoms with Crippen molar-refractivity contribution in [3.63, 3.8) is 0 Å². The molecule has 2 aliphatic carbocycles. The van der Waals surface area contributed by atoms with E-state index >= 15 is 0 Å². The maximum atomic E-state index is 12.9. The molecule has 2 aromatic heterocycles. The number of aryl methyl sites for hydroxylation is 1. The summed E-state index contributed by atoms with van der Waals surface area (Å²) in [7, 11) is 0. The average molecular weight is 341 g/mol. The number of carbonyl (C=O) groups excluding carboxylic acids is 1. The second kappa shape index (κ2) is 5.41. The number of hydrogen-bond donors (Lipinski definition) is 1. The Hall–Kier alpha value is -2.18. The van der Waals surface area contributed by atoms with Gasteiger partial charge in [-0.1, -0.05) is 11.6 Å². The van der Waals surface area contributed by atoms with Crippen molar-refractivity contribution in [3.05, 3.63) is 29.2 Å². The minimum Gasteiger partial charge on any atom is -0.339 e. The molecule has 7 heteroatoms. The van der Waals surface area contributed by atoms with E-state index in [1.54, 1.807) is 6.20 Å². The average Bonchev–Trinajstić information content (AvgIpc) is 2.99. The quantitative estimate of drug-likeness (QED) is 0.921. The Morgan fingerprint density at radius 1 is 1.44 bits per heavy atom. The van der Waals surface area contributed by atoms with Gasteiger partial charge in [-0.05, 0) is 44.4 Å². The van der Waals surface area contributed by atoms with Crippen molar-refractivity contribution in [2.45, 2.75) is 50.9 Å². The molecule has 3 heterocycles. The first-order valence-electron chi connectivity index (χ1n) is 9.28. The molecular weight excluding hydrogens is 318 g/mol. The standard InChI is InChI=1S/C18H23N5O2/c1-11-14(8-19-21-11)16(24)23-9-13-3-2-6-18(13,10-23)17-20-15(22-25-17)7-12-4-5-12/h8,12-13H,2-7,9-10H2,1H3,(H,19,21)/t13-,18-/m1/s1. The third-order valence-electron chi connectivity index (χ3n) is 6.28. The molecule has 3 fully saturated rings. The lowest BCUT2D eigenvalue weighted by molar-refractivity contribution is 0.0774. The molecule has 1 aliphatic heterocycles. The fourth-order valence-electron chi connectivity index (χ4n) is 4.65. The van der Waals surface area contributed by atoms with E-state index in [0.29, 0.717) is 18.0 Å². The minimum atomic E-state index is -0.151. The number of likely N-dealkylation sites (tertiary alicyclic amines) is 1. The number of nitrogens with one attached hydrogen (secondary N) is 1. The molecule has 2 saturated carbocycles. The molecule has 1 saturated heterocycles. The van der Waals surface area contributed by atoms with Gasteiger partial charge in [0.2, 0.25) is 5.89 Å². The van der Waals surface area contributed by atoms with Crippen molar-refractivity contribution >= 4 is 5.91 Å². The van der Waals surface area contributed by atoms with E-state index < -0.39 is 0 Å². The summed E-state index contributed by atoms with van der Waals surface area (Å²) in [4.78, 5) is 19.6. The molecule has 5 rings (SSSR count). The molecule has 0 bridgehead atoms. The molecule has 0 spiro atoms. The Balaban J connectivity index is 1.41. The molecule has 2 atom stereocenters. The van der Waals surface area contributed by atoms with E-state index in [2.05, 4.69) is 15.4 Å². The van der Waals surface area contributed by atoms with Gasteiger partial charge in [-0.25, -0.2) is 0 Å². The summed E-state index contributed by atoms with van der Waals surface area (Å²) in [6, 6.07) is 0. The first-order chi connectivity index (χ1) is 12.2. The first-order valence-corrected chi connectivity index (χ1v) is 9.28. The summed E-state index contributed by atoms with van der Waals surface area (Å²) in [5.74, 6) is 2.81. The minimum absolute atomic E-state index is 0.0535. The lowest BCUT2D eigenvalue weighted by Crippen LogP contribution is -2.35. The van der Waals surface area contributed by atoms with Crippen molar-refractivity contribution in [3.8, 4) is 0 Å². The van der Waals surface area contributed by atoms with Crippen molar-refractivity contribution in [2.75, 3.05) is 13.1 Å². The number of aromatic nitrogens is 4. The van der Waals surface area contributed by atoms with E-state index in [-0.39, 0.29) is 11.3 Å². The molecule has 0 aromatic carbocycles. The summed E-state index contributed by atoms with van der Waals surface area (Å²) in [5.41, 5.74) is 1.33. The summed E-state index contributed by atoms with van der Waals surface area (Å²) >= 11 is 0. The SMILES string of the molecule is Cc1[nH]ncc1C(=O)N1C[C@H]2CCC[C@@]2(c2nc(CC3CC3)no2)C1. The first kappa shape index (κ1) is 15.1. The zero-order valence-electron chi connectivity index (χ0n) is 14.5.